The van der Waals surface area contributed by atoms with Crippen LogP contribution in [0.15, 0.2) is 0 Å². The van der Waals surface area contributed by atoms with Gasteiger partial charge in [-0.3, -0.25) is 5.41 Å². The van der Waals surface area contributed by atoms with Gasteiger partial charge in [0, 0.05) is 22.8 Å². The van der Waals surface area contributed by atoms with Gasteiger partial charge >= 0.3 is 0 Å². The van der Waals surface area contributed by atoms with E-state index >= 15 is 0 Å². The van der Waals surface area contributed by atoms with E-state index in [2.05, 4.69) is 9.36 Å². The standard InChI is InChI=1S/C5H5ClN2S.C4H8N2.2C2H6.CCl4S.CH4/c6-5-7-4(8-9-5)3-1-2-3;5-4(6)3-1-2-3;2*1-2;2-1(3,4)6-5;/h3H,1-2H2;3H,1-2H2,(H3,5,6);2*1-2H3;;1H4. The largest absolute Gasteiger partial charge is 0.387 e. The van der Waals surface area contributed by atoms with Gasteiger partial charge in [0.05, 0.1) is 5.84 Å². The third-order valence-corrected chi connectivity index (χ3v) is 5.55. The fraction of sp³-hybridized carbons (Fsp3) is 0.800. The van der Waals surface area contributed by atoms with Crippen molar-refractivity contribution >= 4 is 85.4 Å². The second kappa shape index (κ2) is 17.9. The maximum Gasteiger partial charge on any atom is 0.251 e. The fourth-order valence-corrected chi connectivity index (χ4v) is 1.80. The Kier molecular flexibility index (Phi) is 21.7. The van der Waals surface area contributed by atoms with Gasteiger partial charge in [0.1, 0.15) is 5.82 Å². The number of nitrogens with one attached hydrogen (secondary N) is 1. The van der Waals surface area contributed by atoms with Gasteiger partial charge in [-0.25, -0.2) is 4.98 Å². The number of hydrogen-bond acceptors (Lipinski definition) is 5. The first-order valence-corrected chi connectivity index (χ1v) is 11.8. The highest BCUT2D eigenvalue weighted by Gasteiger charge is 2.27. The van der Waals surface area contributed by atoms with Crippen molar-refractivity contribution < 1.29 is 0 Å². The molecule has 0 atom stereocenters. The van der Waals surface area contributed by atoms with E-state index in [-0.39, 0.29) is 7.43 Å². The molecule has 0 amide bonds. The molecule has 0 saturated heterocycles. The van der Waals surface area contributed by atoms with Gasteiger partial charge in [-0.1, -0.05) is 69.9 Å². The summed E-state index contributed by atoms with van der Waals surface area (Å²) in [4.78, 5) is 4.05. The van der Waals surface area contributed by atoms with Gasteiger partial charge in [0.2, 0.25) is 4.47 Å². The molecule has 1 aromatic rings. The molecule has 0 radical (unpaired) electrons. The molecule has 0 bridgehead atoms. The number of amidine groups is 1. The van der Waals surface area contributed by atoms with E-state index in [0.717, 1.165) is 18.7 Å². The zero-order valence-electron chi connectivity index (χ0n) is 14.7. The van der Waals surface area contributed by atoms with Gasteiger partial charge in [-0.2, -0.15) is 4.37 Å². The zero-order chi connectivity index (χ0) is 20.0. The number of nitrogens with zero attached hydrogens (tertiary/aromatic N) is 2. The lowest BCUT2D eigenvalue weighted by atomic mass is 10.4. The molecule has 2 fully saturated rings. The first-order valence-electron chi connectivity index (χ1n) is 7.92. The van der Waals surface area contributed by atoms with Crippen molar-refractivity contribution in [2.45, 2.75) is 69.8 Å². The van der Waals surface area contributed by atoms with Crippen LogP contribution in [0.2, 0.25) is 4.47 Å². The lowest BCUT2D eigenvalue weighted by molar-refractivity contribution is 0.986. The SMILES string of the molecule is C.CC.CC.ClSC(Cl)(Cl)Cl.Clc1nc(C2CC2)ns1.N=C(N)C1CC1. The fourth-order valence-electron chi connectivity index (χ4n) is 1.12. The Morgan fingerprint density at radius 1 is 1.15 bits per heavy atom. The summed E-state index contributed by atoms with van der Waals surface area (Å²) < 4.78 is 3.28. The van der Waals surface area contributed by atoms with Crippen LogP contribution < -0.4 is 5.73 Å². The molecule has 11 heteroatoms. The van der Waals surface area contributed by atoms with Crippen LogP contribution in [0, 0.1) is 11.3 Å². The molecule has 0 aromatic carbocycles. The number of aromatic nitrogens is 2. The van der Waals surface area contributed by atoms with Crippen LogP contribution in [0.25, 0.3) is 0 Å². The normalized spacial score (nSPS) is 14.3. The smallest absolute Gasteiger partial charge is 0.251 e. The van der Waals surface area contributed by atoms with Crippen LogP contribution in [0.4, 0.5) is 0 Å². The van der Waals surface area contributed by atoms with Crippen molar-refractivity contribution in [2.24, 2.45) is 11.7 Å². The van der Waals surface area contributed by atoms with Crippen molar-refractivity contribution in [2.75, 3.05) is 0 Å². The van der Waals surface area contributed by atoms with Gasteiger partial charge in [0.25, 0.3) is 3.12 Å². The van der Waals surface area contributed by atoms with Crippen molar-refractivity contribution in [3.63, 3.8) is 0 Å². The minimum Gasteiger partial charge on any atom is -0.387 e. The number of nitrogens with two attached hydrogens (primary N) is 1. The predicted molar refractivity (Wildman–Crippen MR) is 125 cm³/mol. The lowest BCUT2D eigenvalue weighted by Gasteiger charge is -1.99. The third-order valence-electron chi connectivity index (χ3n) is 2.46. The molecule has 1 aromatic heterocycles. The maximum absolute atomic E-state index is 6.79. The first kappa shape index (κ1) is 31.5. The molecule has 0 aliphatic heterocycles. The van der Waals surface area contributed by atoms with E-state index in [1.807, 2.05) is 27.7 Å². The summed E-state index contributed by atoms with van der Waals surface area (Å²) in [5.74, 6) is 2.42. The predicted octanol–water partition coefficient (Wildman–Crippen LogP) is 8.29. The summed E-state index contributed by atoms with van der Waals surface area (Å²) >= 11 is 22.1. The maximum atomic E-state index is 6.79. The molecule has 2 aliphatic carbocycles. The molecular formula is C15H29Cl5N4S2. The molecule has 2 aliphatic rings. The molecule has 0 unspecified atom stereocenters. The van der Waals surface area contributed by atoms with Crippen LogP contribution in [-0.2, 0) is 0 Å². The number of hydrogen-bond donors (Lipinski definition) is 2. The minimum absolute atomic E-state index is 0. The second-order valence-corrected chi connectivity index (χ2v) is 9.95. The van der Waals surface area contributed by atoms with Crippen LogP contribution in [-0.4, -0.2) is 18.3 Å². The van der Waals surface area contributed by atoms with Gasteiger partial charge in [-0.15, -0.1) is 0 Å². The zero-order valence-corrected chi connectivity index (χ0v) is 20.1. The van der Waals surface area contributed by atoms with Gasteiger partial charge in [-0.05, 0) is 59.5 Å². The summed E-state index contributed by atoms with van der Waals surface area (Å²) in [6.45, 7) is 8.00. The van der Waals surface area contributed by atoms with Crippen LogP contribution in [0.1, 0.15) is 72.5 Å². The Morgan fingerprint density at radius 3 is 1.73 bits per heavy atom. The van der Waals surface area contributed by atoms with E-state index in [1.165, 1.54) is 24.4 Å². The summed E-state index contributed by atoms with van der Waals surface area (Å²) in [6.07, 6.45) is 4.78. The molecule has 1 heterocycles. The highest BCUT2D eigenvalue weighted by atomic mass is 35.7. The highest BCUT2D eigenvalue weighted by molar-refractivity contribution is 8.24. The summed E-state index contributed by atoms with van der Waals surface area (Å²) in [6, 6.07) is 0. The third kappa shape index (κ3) is 19.6. The Morgan fingerprint density at radius 2 is 1.58 bits per heavy atom. The van der Waals surface area contributed by atoms with Gasteiger partial charge < -0.3 is 5.73 Å². The van der Waals surface area contributed by atoms with E-state index in [1.54, 1.807) is 0 Å². The van der Waals surface area contributed by atoms with Crippen LogP contribution in [0.5, 0.6) is 0 Å². The summed E-state index contributed by atoms with van der Waals surface area (Å²) in [7, 11) is 5.65. The average molecular weight is 507 g/mol. The molecule has 26 heavy (non-hydrogen) atoms. The Hall–Kier alpha value is 0.830. The molecule has 0 spiro atoms. The van der Waals surface area contributed by atoms with Crippen LogP contribution >= 0.6 is 79.6 Å². The Balaban J connectivity index is -0.000000281. The topological polar surface area (TPSA) is 75.7 Å². The molecule has 2 saturated carbocycles. The molecule has 3 rings (SSSR count). The van der Waals surface area contributed by atoms with Crippen molar-refractivity contribution in [3.05, 3.63) is 10.3 Å². The lowest BCUT2D eigenvalue weighted by Crippen LogP contribution is -2.10. The molecular weight excluding hydrogens is 478 g/mol. The van der Waals surface area contributed by atoms with Crippen LogP contribution in [0.3, 0.4) is 0 Å². The number of rotatable bonds is 2. The van der Waals surface area contributed by atoms with Gasteiger partial charge in [0.15, 0.2) is 0 Å². The van der Waals surface area contributed by atoms with E-state index in [4.69, 9.17) is 68.2 Å². The minimum atomic E-state index is -1.36. The number of halogens is 5. The Bertz CT molecular complexity index is 461. The van der Waals surface area contributed by atoms with Crippen molar-refractivity contribution in [1.82, 2.24) is 9.36 Å². The van der Waals surface area contributed by atoms with E-state index < -0.39 is 3.12 Å². The summed E-state index contributed by atoms with van der Waals surface area (Å²) in [5, 5.41) is 6.79. The quantitative estimate of drug-likeness (QED) is 0.240. The summed E-state index contributed by atoms with van der Waals surface area (Å²) in [5.41, 5.74) is 5.08. The molecule has 3 N–H and O–H groups in total. The Labute approximate surface area is 191 Å². The highest BCUT2D eigenvalue weighted by Crippen LogP contribution is 2.41. The molecule has 156 valence electrons. The average Bonchev–Trinajstić information content (AvgIpc) is 3.50. The monoisotopic (exact) mass is 504 g/mol. The second-order valence-electron chi connectivity index (χ2n) is 4.43. The van der Waals surface area contributed by atoms with Crippen molar-refractivity contribution in [1.29, 1.82) is 5.41 Å². The molecule has 4 nitrogen and oxygen atoms in total. The number of alkyl halides is 3. The van der Waals surface area contributed by atoms with E-state index in [0.29, 0.717) is 33.1 Å². The first-order chi connectivity index (χ1) is 11.7. The van der Waals surface area contributed by atoms with E-state index in [9.17, 15) is 0 Å². The van der Waals surface area contributed by atoms with Crippen molar-refractivity contribution in [3.8, 4) is 0 Å².